The van der Waals surface area contributed by atoms with Crippen LogP contribution in [0.1, 0.15) is 25.7 Å². The molecule has 3 rings (SSSR count). The molecule has 2 aromatic rings. The summed E-state index contributed by atoms with van der Waals surface area (Å²) in [5.41, 5.74) is 1.94. The van der Waals surface area contributed by atoms with E-state index < -0.39 is 0 Å². The Morgan fingerprint density at radius 1 is 1.11 bits per heavy atom. The fraction of sp³-hybridized carbons (Fsp3) is 0.312. The first-order valence-corrected chi connectivity index (χ1v) is 6.87. The Hall–Kier alpha value is -2.03. The molecule has 3 heteroatoms. The lowest BCUT2D eigenvalue weighted by atomic mass is 10.1. The fourth-order valence-electron chi connectivity index (χ4n) is 2.68. The van der Waals surface area contributed by atoms with Gasteiger partial charge in [0.25, 0.3) is 0 Å². The summed E-state index contributed by atoms with van der Waals surface area (Å²) in [4.78, 5) is 12.1. The Kier molecular flexibility index (Phi) is 3.36. The van der Waals surface area contributed by atoms with Gasteiger partial charge in [0.2, 0.25) is 5.91 Å². The van der Waals surface area contributed by atoms with E-state index in [2.05, 4.69) is 5.32 Å². The predicted molar refractivity (Wildman–Crippen MR) is 76.4 cm³/mol. The number of carbonyl (C=O) groups is 1. The fourth-order valence-corrected chi connectivity index (χ4v) is 2.68. The Bertz CT molecular complexity index is 554. The van der Waals surface area contributed by atoms with Gasteiger partial charge >= 0.3 is 0 Å². The standard InChI is InChI=1S/C16H18N2O/c19-16(13-6-1-2-7-13)17-14-8-5-9-15(12-14)18-10-3-4-11-18/h3-5,8-13H,1-2,6-7H2,(H,17,19). The molecule has 0 spiro atoms. The minimum absolute atomic E-state index is 0.169. The van der Waals surface area contributed by atoms with Gasteiger partial charge in [-0.2, -0.15) is 0 Å². The van der Waals surface area contributed by atoms with Crippen molar-refractivity contribution in [2.75, 3.05) is 5.32 Å². The van der Waals surface area contributed by atoms with E-state index in [-0.39, 0.29) is 11.8 Å². The van der Waals surface area contributed by atoms with Gasteiger partial charge in [0.1, 0.15) is 0 Å². The highest BCUT2D eigenvalue weighted by molar-refractivity contribution is 5.92. The number of hydrogen-bond acceptors (Lipinski definition) is 1. The number of aromatic nitrogens is 1. The molecule has 0 bridgehead atoms. The highest BCUT2D eigenvalue weighted by Gasteiger charge is 2.22. The van der Waals surface area contributed by atoms with E-state index in [1.54, 1.807) is 0 Å². The second-order valence-electron chi connectivity index (χ2n) is 5.11. The molecule has 19 heavy (non-hydrogen) atoms. The number of nitrogens with one attached hydrogen (secondary N) is 1. The molecule has 0 radical (unpaired) electrons. The first-order valence-electron chi connectivity index (χ1n) is 6.87. The summed E-state index contributed by atoms with van der Waals surface area (Å²) < 4.78 is 2.03. The van der Waals surface area contributed by atoms with Crippen LogP contribution < -0.4 is 5.32 Å². The lowest BCUT2D eigenvalue weighted by molar-refractivity contribution is -0.119. The van der Waals surface area contributed by atoms with Gasteiger partial charge in [0, 0.05) is 29.7 Å². The molecule has 1 aromatic heterocycles. The van der Waals surface area contributed by atoms with Gasteiger partial charge in [-0.25, -0.2) is 0 Å². The minimum Gasteiger partial charge on any atom is -0.326 e. The third-order valence-corrected chi connectivity index (χ3v) is 3.74. The normalized spacial score (nSPS) is 15.6. The van der Waals surface area contributed by atoms with Crippen molar-refractivity contribution in [3.63, 3.8) is 0 Å². The van der Waals surface area contributed by atoms with Crippen LogP contribution in [0.3, 0.4) is 0 Å². The Morgan fingerprint density at radius 2 is 1.84 bits per heavy atom. The lowest BCUT2D eigenvalue weighted by Gasteiger charge is -2.11. The number of carbonyl (C=O) groups excluding carboxylic acids is 1. The second kappa shape index (κ2) is 5.31. The maximum Gasteiger partial charge on any atom is 0.227 e. The van der Waals surface area contributed by atoms with E-state index in [0.717, 1.165) is 24.2 Å². The molecule has 0 aliphatic heterocycles. The Labute approximate surface area is 113 Å². The zero-order valence-electron chi connectivity index (χ0n) is 10.9. The molecule has 1 N–H and O–H groups in total. The number of rotatable bonds is 3. The molecule has 1 amide bonds. The van der Waals surface area contributed by atoms with Crippen molar-refractivity contribution in [1.82, 2.24) is 4.57 Å². The van der Waals surface area contributed by atoms with Crippen LogP contribution in [0.15, 0.2) is 48.8 Å². The average molecular weight is 254 g/mol. The molecule has 1 fully saturated rings. The van der Waals surface area contributed by atoms with Crippen molar-refractivity contribution in [1.29, 1.82) is 0 Å². The highest BCUT2D eigenvalue weighted by Crippen LogP contribution is 2.26. The summed E-state index contributed by atoms with van der Waals surface area (Å²) in [6, 6.07) is 11.9. The van der Waals surface area contributed by atoms with Gasteiger partial charge in [-0.05, 0) is 43.2 Å². The quantitative estimate of drug-likeness (QED) is 0.892. The van der Waals surface area contributed by atoms with Gasteiger partial charge in [-0.15, -0.1) is 0 Å². The van der Waals surface area contributed by atoms with Gasteiger partial charge in [-0.3, -0.25) is 4.79 Å². The van der Waals surface area contributed by atoms with Crippen molar-refractivity contribution >= 4 is 11.6 Å². The van der Waals surface area contributed by atoms with E-state index in [9.17, 15) is 4.79 Å². The monoisotopic (exact) mass is 254 g/mol. The van der Waals surface area contributed by atoms with Crippen LogP contribution in [0.5, 0.6) is 0 Å². The zero-order valence-corrected chi connectivity index (χ0v) is 10.9. The molecule has 0 saturated heterocycles. The maximum absolute atomic E-state index is 12.1. The summed E-state index contributed by atoms with van der Waals surface area (Å²) >= 11 is 0. The van der Waals surface area contributed by atoms with Crippen LogP contribution in [0.25, 0.3) is 5.69 Å². The van der Waals surface area contributed by atoms with Crippen LogP contribution in [-0.4, -0.2) is 10.5 Å². The van der Waals surface area contributed by atoms with Gasteiger partial charge in [-0.1, -0.05) is 18.9 Å². The van der Waals surface area contributed by atoms with Gasteiger partial charge < -0.3 is 9.88 Å². The SMILES string of the molecule is O=C(Nc1cccc(-n2cccc2)c1)C1CCCC1. The summed E-state index contributed by atoms with van der Waals surface area (Å²) in [7, 11) is 0. The number of hydrogen-bond donors (Lipinski definition) is 1. The first kappa shape index (κ1) is 12.0. The van der Waals surface area contributed by atoms with Crippen molar-refractivity contribution < 1.29 is 4.79 Å². The van der Waals surface area contributed by atoms with Gasteiger partial charge in [0.05, 0.1) is 0 Å². The van der Waals surface area contributed by atoms with E-state index in [1.165, 1.54) is 12.8 Å². The summed E-state index contributed by atoms with van der Waals surface area (Å²) in [6.45, 7) is 0. The molecule has 1 aromatic carbocycles. The predicted octanol–water partition coefficient (Wildman–Crippen LogP) is 3.61. The average Bonchev–Trinajstić information content (AvgIpc) is 3.13. The van der Waals surface area contributed by atoms with Crippen LogP contribution in [-0.2, 0) is 4.79 Å². The van der Waals surface area contributed by atoms with E-state index in [4.69, 9.17) is 0 Å². The number of anilines is 1. The van der Waals surface area contributed by atoms with Crippen molar-refractivity contribution in [2.45, 2.75) is 25.7 Å². The van der Waals surface area contributed by atoms with E-state index in [0.29, 0.717) is 0 Å². The van der Waals surface area contributed by atoms with Crippen LogP contribution >= 0.6 is 0 Å². The van der Waals surface area contributed by atoms with Crippen LogP contribution in [0.2, 0.25) is 0 Å². The van der Waals surface area contributed by atoms with E-state index in [1.807, 2.05) is 53.4 Å². The summed E-state index contributed by atoms with van der Waals surface area (Å²) in [5.74, 6) is 0.373. The summed E-state index contributed by atoms with van der Waals surface area (Å²) in [6.07, 6.45) is 8.42. The highest BCUT2D eigenvalue weighted by atomic mass is 16.1. The second-order valence-corrected chi connectivity index (χ2v) is 5.11. The number of benzene rings is 1. The molecule has 0 unspecified atom stereocenters. The Balaban J connectivity index is 1.74. The van der Waals surface area contributed by atoms with Crippen molar-refractivity contribution in [3.05, 3.63) is 48.8 Å². The third-order valence-electron chi connectivity index (χ3n) is 3.74. The van der Waals surface area contributed by atoms with E-state index >= 15 is 0 Å². The van der Waals surface area contributed by atoms with Gasteiger partial charge in [0.15, 0.2) is 0 Å². The van der Waals surface area contributed by atoms with Crippen molar-refractivity contribution in [3.8, 4) is 5.69 Å². The third kappa shape index (κ3) is 2.70. The molecule has 98 valence electrons. The van der Waals surface area contributed by atoms with Crippen molar-refractivity contribution in [2.24, 2.45) is 5.92 Å². The largest absolute Gasteiger partial charge is 0.326 e. The molecule has 0 atom stereocenters. The summed E-state index contributed by atoms with van der Waals surface area (Å²) in [5, 5.41) is 3.03. The molecule has 3 nitrogen and oxygen atoms in total. The lowest BCUT2D eigenvalue weighted by Crippen LogP contribution is -2.20. The Morgan fingerprint density at radius 3 is 2.58 bits per heavy atom. The zero-order chi connectivity index (χ0) is 13.1. The molecule has 1 saturated carbocycles. The smallest absolute Gasteiger partial charge is 0.227 e. The minimum atomic E-state index is 0.169. The topological polar surface area (TPSA) is 34.0 Å². The number of nitrogens with zero attached hydrogens (tertiary/aromatic N) is 1. The maximum atomic E-state index is 12.1. The molecular weight excluding hydrogens is 236 g/mol. The molecule has 1 aliphatic rings. The molecule has 1 aliphatic carbocycles. The number of amides is 1. The molecular formula is C16H18N2O. The molecule has 1 heterocycles. The first-order chi connectivity index (χ1) is 9.33. The van der Waals surface area contributed by atoms with Crippen LogP contribution in [0, 0.1) is 5.92 Å². The van der Waals surface area contributed by atoms with Crippen LogP contribution in [0.4, 0.5) is 5.69 Å².